The van der Waals surface area contributed by atoms with E-state index in [0.717, 1.165) is 23.6 Å². The highest BCUT2D eigenvalue weighted by molar-refractivity contribution is 6.31. The zero-order valence-electron chi connectivity index (χ0n) is 13.6. The molecular weight excluding hydrogens is 270 g/mol. The van der Waals surface area contributed by atoms with E-state index in [4.69, 9.17) is 16.3 Å². The van der Waals surface area contributed by atoms with Gasteiger partial charge in [-0.15, -0.1) is 0 Å². The summed E-state index contributed by atoms with van der Waals surface area (Å²) in [6.45, 7) is 11.8. The SMILES string of the molecule is CCCNC(c1ccc(C)c(Cl)c1)C(OC)C(C)(C)C. The van der Waals surface area contributed by atoms with E-state index in [1.54, 1.807) is 7.11 Å². The Morgan fingerprint density at radius 3 is 2.40 bits per heavy atom. The lowest BCUT2D eigenvalue weighted by molar-refractivity contribution is -0.0119. The second-order valence-corrected chi connectivity index (χ2v) is 6.87. The lowest BCUT2D eigenvalue weighted by Gasteiger charge is -2.37. The molecule has 1 rings (SSSR count). The average Bonchev–Trinajstić information content (AvgIpc) is 2.36. The topological polar surface area (TPSA) is 21.3 Å². The molecule has 1 N–H and O–H groups in total. The number of halogens is 1. The number of ether oxygens (including phenoxy) is 1. The minimum Gasteiger partial charge on any atom is -0.379 e. The molecule has 0 aliphatic heterocycles. The first-order chi connectivity index (χ1) is 9.31. The average molecular weight is 298 g/mol. The third-order valence-corrected chi connectivity index (χ3v) is 3.99. The molecule has 2 atom stereocenters. The van der Waals surface area contributed by atoms with Crippen molar-refractivity contribution in [1.82, 2.24) is 5.32 Å². The maximum atomic E-state index is 6.29. The van der Waals surface area contributed by atoms with Gasteiger partial charge >= 0.3 is 0 Å². The Morgan fingerprint density at radius 1 is 1.30 bits per heavy atom. The molecule has 0 amide bonds. The van der Waals surface area contributed by atoms with Crippen molar-refractivity contribution >= 4 is 11.6 Å². The number of rotatable bonds is 6. The zero-order chi connectivity index (χ0) is 15.3. The molecule has 0 saturated heterocycles. The van der Waals surface area contributed by atoms with Crippen LogP contribution in [0, 0.1) is 12.3 Å². The molecule has 0 aromatic heterocycles. The number of hydrogen-bond donors (Lipinski definition) is 1. The third kappa shape index (κ3) is 4.47. The van der Waals surface area contributed by atoms with Crippen molar-refractivity contribution in [3.63, 3.8) is 0 Å². The van der Waals surface area contributed by atoms with Gasteiger partial charge in [-0.05, 0) is 42.5 Å². The number of nitrogens with one attached hydrogen (secondary N) is 1. The van der Waals surface area contributed by atoms with Crippen molar-refractivity contribution in [3.8, 4) is 0 Å². The predicted octanol–water partition coefficient (Wildman–Crippen LogP) is 4.75. The van der Waals surface area contributed by atoms with Crippen LogP contribution < -0.4 is 5.32 Å². The van der Waals surface area contributed by atoms with E-state index < -0.39 is 0 Å². The number of benzene rings is 1. The fourth-order valence-corrected chi connectivity index (χ4v) is 2.68. The quantitative estimate of drug-likeness (QED) is 0.818. The van der Waals surface area contributed by atoms with Crippen LogP contribution in [0.3, 0.4) is 0 Å². The van der Waals surface area contributed by atoms with Gasteiger partial charge in [0.15, 0.2) is 0 Å². The molecule has 0 saturated carbocycles. The van der Waals surface area contributed by atoms with E-state index in [2.05, 4.69) is 51.2 Å². The predicted molar refractivity (Wildman–Crippen MR) is 87.5 cm³/mol. The Labute approximate surface area is 128 Å². The van der Waals surface area contributed by atoms with Gasteiger partial charge in [0, 0.05) is 12.1 Å². The van der Waals surface area contributed by atoms with E-state index in [0.29, 0.717) is 0 Å². The first kappa shape index (κ1) is 17.5. The van der Waals surface area contributed by atoms with Crippen LogP contribution in [0.4, 0.5) is 0 Å². The van der Waals surface area contributed by atoms with Gasteiger partial charge in [0.05, 0.1) is 12.1 Å². The zero-order valence-corrected chi connectivity index (χ0v) is 14.3. The van der Waals surface area contributed by atoms with Gasteiger partial charge in [-0.3, -0.25) is 0 Å². The summed E-state index contributed by atoms with van der Waals surface area (Å²) in [7, 11) is 1.78. The van der Waals surface area contributed by atoms with Crippen molar-refractivity contribution in [2.45, 2.75) is 53.2 Å². The summed E-state index contributed by atoms with van der Waals surface area (Å²) >= 11 is 6.29. The largest absolute Gasteiger partial charge is 0.379 e. The standard InChI is InChI=1S/C17H28ClNO/c1-7-10-19-15(16(20-6)17(3,4)5)13-9-8-12(2)14(18)11-13/h8-9,11,15-16,19H,7,10H2,1-6H3. The minimum absolute atomic E-state index is 0.0531. The summed E-state index contributed by atoms with van der Waals surface area (Å²) in [5, 5.41) is 4.42. The van der Waals surface area contributed by atoms with E-state index in [-0.39, 0.29) is 17.6 Å². The van der Waals surface area contributed by atoms with Crippen LogP contribution in [-0.4, -0.2) is 19.8 Å². The molecule has 0 aliphatic rings. The Bertz CT molecular complexity index is 425. The molecule has 1 aromatic rings. The van der Waals surface area contributed by atoms with Crippen LogP contribution in [-0.2, 0) is 4.74 Å². The summed E-state index contributed by atoms with van der Waals surface area (Å²) in [5.74, 6) is 0. The summed E-state index contributed by atoms with van der Waals surface area (Å²) in [6, 6.07) is 6.43. The second-order valence-electron chi connectivity index (χ2n) is 6.46. The summed E-state index contributed by atoms with van der Waals surface area (Å²) < 4.78 is 5.79. The lowest BCUT2D eigenvalue weighted by atomic mass is 9.81. The van der Waals surface area contributed by atoms with Crippen molar-refractivity contribution in [2.24, 2.45) is 5.41 Å². The van der Waals surface area contributed by atoms with Crippen molar-refractivity contribution < 1.29 is 4.74 Å². The third-order valence-electron chi connectivity index (χ3n) is 3.58. The van der Waals surface area contributed by atoms with Crippen molar-refractivity contribution in [1.29, 1.82) is 0 Å². The molecule has 0 spiro atoms. The van der Waals surface area contributed by atoms with Gasteiger partial charge in [0.25, 0.3) is 0 Å². The van der Waals surface area contributed by atoms with Gasteiger partial charge in [0.2, 0.25) is 0 Å². The van der Waals surface area contributed by atoms with Gasteiger partial charge in [-0.25, -0.2) is 0 Å². The molecule has 0 bridgehead atoms. The Morgan fingerprint density at radius 2 is 1.95 bits per heavy atom. The van der Waals surface area contributed by atoms with Crippen LogP contribution in [0.2, 0.25) is 5.02 Å². The number of hydrogen-bond acceptors (Lipinski definition) is 2. The van der Waals surface area contributed by atoms with Crippen LogP contribution in [0.5, 0.6) is 0 Å². The molecule has 0 fully saturated rings. The van der Waals surface area contributed by atoms with E-state index in [1.807, 2.05) is 6.92 Å². The second kappa shape index (κ2) is 7.44. The summed E-state index contributed by atoms with van der Waals surface area (Å²) in [5.41, 5.74) is 2.35. The first-order valence-corrected chi connectivity index (χ1v) is 7.71. The molecule has 20 heavy (non-hydrogen) atoms. The Kier molecular flexibility index (Phi) is 6.50. The Balaban J connectivity index is 3.12. The molecule has 0 aliphatic carbocycles. The Hall–Kier alpha value is -0.570. The number of methoxy groups -OCH3 is 1. The smallest absolute Gasteiger partial charge is 0.0814 e. The molecule has 114 valence electrons. The van der Waals surface area contributed by atoms with Gasteiger partial charge in [-0.2, -0.15) is 0 Å². The monoisotopic (exact) mass is 297 g/mol. The van der Waals surface area contributed by atoms with Crippen LogP contribution in [0.25, 0.3) is 0 Å². The van der Waals surface area contributed by atoms with Crippen LogP contribution in [0.1, 0.15) is 51.3 Å². The van der Waals surface area contributed by atoms with E-state index in [9.17, 15) is 0 Å². The first-order valence-electron chi connectivity index (χ1n) is 7.33. The van der Waals surface area contributed by atoms with Crippen molar-refractivity contribution in [3.05, 3.63) is 34.3 Å². The molecule has 3 heteroatoms. The molecular formula is C17H28ClNO. The summed E-state index contributed by atoms with van der Waals surface area (Å²) in [6.07, 6.45) is 1.18. The molecule has 2 unspecified atom stereocenters. The lowest BCUT2D eigenvalue weighted by Crippen LogP contribution is -2.41. The molecule has 1 aromatic carbocycles. The molecule has 0 heterocycles. The minimum atomic E-state index is 0.0531. The van der Waals surface area contributed by atoms with E-state index >= 15 is 0 Å². The maximum Gasteiger partial charge on any atom is 0.0814 e. The number of aryl methyl sites for hydroxylation is 1. The highest BCUT2D eigenvalue weighted by Gasteiger charge is 2.33. The molecule has 2 nitrogen and oxygen atoms in total. The highest BCUT2D eigenvalue weighted by Crippen LogP contribution is 2.33. The highest BCUT2D eigenvalue weighted by atomic mass is 35.5. The molecule has 0 radical (unpaired) electrons. The van der Waals surface area contributed by atoms with Gasteiger partial charge in [-0.1, -0.05) is 51.4 Å². The maximum absolute atomic E-state index is 6.29. The van der Waals surface area contributed by atoms with Crippen LogP contribution >= 0.6 is 11.6 Å². The van der Waals surface area contributed by atoms with Gasteiger partial charge < -0.3 is 10.1 Å². The summed E-state index contributed by atoms with van der Waals surface area (Å²) in [4.78, 5) is 0. The fourth-order valence-electron chi connectivity index (χ4n) is 2.49. The fraction of sp³-hybridized carbons (Fsp3) is 0.647. The van der Waals surface area contributed by atoms with E-state index in [1.165, 1.54) is 5.56 Å². The van der Waals surface area contributed by atoms with Crippen LogP contribution in [0.15, 0.2) is 18.2 Å². The van der Waals surface area contributed by atoms with Gasteiger partial charge in [0.1, 0.15) is 0 Å². The normalized spacial score (nSPS) is 15.2. The van der Waals surface area contributed by atoms with Crippen molar-refractivity contribution in [2.75, 3.05) is 13.7 Å².